The first kappa shape index (κ1) is 22.0. The third-order valence-corrected chi connectivity index (χ3v) is 5.54. The standard InChI is InChI=1S/C26H22N4O3/c1-26(16-28)17-32-15-21-6-5-20(10-24(21)26)25(31)30-13-22-11-23(7-8-29-22)33-14-19-4-2-3-18(9-19)12-27/h2-11H,13-15,17H2,1H3,(H,30,31)/t26-/m1/s1. The fourth-order valence-corrected chi connectivity index (χ4v) is 3.71. The van der Waals surface area contributed by atoms with Crippen molar-refractivity contribution in [3.8, 4) is 17.9 Å². The van der Waals surface area contributed by atoms with Crippen LogP contribution in [0.5, 0.6) is 5.75 Å². The summed E-state index contributed by atoms with van der Waals surface area (Å²) < 4.78 is 11.3. The SMILES string of the molecule is C[C@@]1(C#N)COCc2ccc(C(=O)NCc3cc(OCc4cccc(C#N)c4)ccn3)cc21. The predicted octanol–water partition coefficient (Wildman–Crippen LogP) is 3.77. The summed E-state index contributed by atoms with van der Waals surface area (Å²) in [5.41, 5.74) is 3.60. The molecule has 0 fully saturated rings. The number of carbonyl (C=O) groups excluding carboxylic acids is 1. The highest BCUT2D eigenvalue weighted by Gasteiger charge is 2.33. The monoisotopic (exact) mass is 438 g/mol. The number of aromatic nitrogens is 1. The van der Waals surface area contributed by atoms with Gasteiger partial charge in [0.15, 0.2) is 0 Å². The van der Waals surface area contributed by atoms with Gasteiger partial charge < -0.3 is 14.8 Å². The van der Waals surface area contributed by atoms with Gasteiger partial charge in [0.2, 0.25) is 0 Å². The van der Waals surface area contributed by atoms with E-state index in [1.54, 1.807) is 42.6 Å². The number of rotatable bonds is 6. The summed E-state index contributed by atoms with van der Waals surface area (Å²) in [5.74, 6) is 0.376. The lowest BCUT2D eigenvalue weighted by Crippen LogP contribution is -2.33. The number of hydrogen-bond acceptors (Lipinski definition) is 6. The van der Waals surface area contributed by atoms with Gasteiger partial charge in [-0.25, -0.2) is 0 Å². The molecule has 0 saturated heterocycles. The summed E-state index contributed by atoms with van der Waals surface area (Å²) in [6.45, 7) is 3.11. The number of nitrogens with one attached hydrogen (secondary N) is 1. The Hall–Kier alpha value is -4.20. The van der Waals surface area contributed by atoms with Gasteiger partial charge in [0.1, 0.15) is 17.8 Å². The molecule has 0 aliphatic carbocycles. The van der Waals surface area contributed by atoms with Gasteiger partial charge >= 0.3 is 0 Å². The Balaban J connectivity index is 1.40. The lowest BCUT2D eigenvalue weighted by molar-refractivity contribution is 0.0757. The van der Waals surface area contributed by atoms with Crippen LogP contribution in [0.25, 0.3) is 0 Å². The van der Waals surface area contributed by atoms with Gasteiger partial charge in [0, 0.05) is 17.8 Å². The van der Waals surface area contributed by atoms with E-state index in [1.165, 1.54) is 0 Å². The van der Waals surface area contributed by atoms with E-state index in [0.717, 1.165) is 16.7 Å². The lowest BCUT2D eigenvalue weighted by atomic mass is 9.79. The van der Waals surface area contributed by atoms with Crippen molar-refractivity contribution in [1.29, 1.82) is 10.5 Å². The fourth-order valence-electron chi connectivity index (χ4n) is 3.71. The second-order valence-electron chi connectivity index (χ2n) is 8.08. The Bertz CT molecular complexity index is 1280. The zero-order chi connectivity index (χ0) is 23.3. The molecule has 1 aromatic heterocycles. The number of nitrogens with zero attached hydrogens (tertiary/aromatic N) is 3. The molecule has 0 radical (unpaired) electrons. The number of pyridine rings is 1. The molecule has 7 nitrogen and oxygen atoms in total. The average molecular weight is 438 g/mol. The largest absolute Gasteiger partial charge is 0.489 e. The van der Waals surface area contributed by atoms with E-state index >= 15 is 0 Å². The van der Waals surface area contributed by atoms with Crippen molar-refractivity contribution in [2.24, 2.45) is 0 Å². The second-order valence-corrected chi connectivity index (χ2v) is 8.08. The molecule has 1 amide bonds. The molecular weight excluding hydrogens is 416 g/mol. The third-order valence-electron chi connectivity index (χ3n) is 5.54. The van der Waals surface area contributed by atoms with Gasteiger partial charge in [-0.1, -0.05) is 18.2 Å². The van der Waals surface area contributed by atoms with Crippen LogP contribution in [0, 0.1) is 22.7 Å². The highest BCUT2D eigenvalue weighted by molar-refractivity contribution is 5.94. The van der Waals surface area contributed by atoms with E-state index in [1.807, 2.05) is 25.1 Å². The molecule has 1 N–H and O–H groups in total. The quantitative estimate of drug-likeness (QED) is 0.628. The lowest BCUT2D eigenvalue weighted by Gasteiger charge is -2.30. The smallest absolute Gasteiger partial charge is 0.251 e. The summed E-state index contributed by atoms with van der Waals surface area (Å²) in [5, 5.41) is 21.5. The molecule has 2 aromatic carbocycles. The van der Waals surface area contributed by atoms with Crippen LogP contribution in [0.2, 0.25) is 0 Å². The van der Waals surface area contributed by atoms with Crippen LogP contribution in [0.3, 0.4) is 0 Å². The van der Waals surface area contributed by atoms with E-state index in [9.17, 15) is 10.1 Å². The molecule has 3 aromatic rings. The zero-order valence-electron chi connectivity index (χ0n) is 18.2. The van der Waals surface area contributed by atoms with Crippen LogP contribution in [-0.4, -0.2) is 17.5 Å². The van der Waals surface area contributed by atoms with Crippen LogP contribution >= 0.6 is 0 Å². The van der Waals surface area contributed by atoms with Gasteiger partial charge in [-0.2, -0.15) is 10.5 Å². The molecule has 0 spiro atoms. The molecule has 164 valence electrons. The molecular formula is C26H22N4O3. The predicted molar refractivity (Wildman–Crippen MR) is 120 cm³/mol. The molecule has 0 saturated carbocycles. The maximum Gasteiger partial charge on any atom is 0.251 e. The Morgan fingerprint density at radius 1 is 1.21 bits per heavy atom. The van der Waals surface area contributed by atoms with Crippen molar-refractivity contribution >= 4 is 5.91 Å². The van der Waals surface area contributed by atoms with Crippen LogP contribution in [0.4, 0.5) is 0 Å². The van der Waals surface area contributed by atoms with Crippen molar-refractivity contribution < 1.29 is 14.3 Å². The first-order chi connectivity index (χ1) is 16.0. The minimum absolute atomic E-state index is 0.232. The van der Waals surface area contributed by atoms with Gasteiger partial charge in [0.05, 0.1) is 43.2 Å². The highest BCUT2D eigenvalue weighted by atomic mass is 16.5. The number of benzene rings is 2. The van der Waals surface area contributed by atoms with Crippen LogP contribution in [0.15, 0.2) is 60.8 Å². The van der Waals surface area contributed by atoms with Crippen LogP contribution in [0.1, 0.15) is 45.2 Å². The number of amides is 1. The summed E-state index contributed by atoms with van der Waals surface area (Å²) in [4.78, 5) is 17.0. The zero-order valence-corrected chi connectivity index (χ0v) is 18.2. The van der Waals surface area contributed by atoms with Crippen molar-refractivity contribution in [3.63, 3.8) is 0 Å². The van der Waals surface area contributed by atoms with E-state index in [4.69, 9.17) is 14.7 Å². The summed E-state index contributed by atoms with van der Waals surface area (Å²) in [7, 11) is 0. The van der Waals surface area contributed by atoms with Gasteiger partial charge in [-0.15, -0.1) is 0 Å². The molecule has 0 bridgehead atoms. The Morgan fingerprint density at radius 2 is 2.09 bits per heavy atom. The first-order valence-electron chi connectivity index (χ1n) is 10.5. The summed E-state index contributed by atoms with van der Waals surface area (Å²) in [6.07, 6.45) is 1.62. The topological polar surface area (TPSA) is 108 Å². The van der Waals surface area contributed by atoms with Crippen LogP contribution < -0.4 is 10.1 Å². The van der Waals surface area contributed by atoms with Crippen molar-refractivity contribution in [2.75, 3.05) is 6.61 Å². The first-order valence-corrected chi connectivity index (χ1v) is 10.5. The minimum atomic E-state index is -0.774. The number of nitriles is 2. The molecule has 7 heteroatoms. The third kappa shape index (κ3) is 5.01. The molecule has 0 unspecified atom stereocenters. The average Bonchev–Trinajstić information content (AvgIpc) is 2.86. The Labute approximate surface area is 192 Å². The Morgan fingerprint density at radius 3 is 2.91 bits per heavy atom. The molecule has 1 aliphatic heterocycles. The van der Waals surface area contributed by atoms with E-state index < -0.39 is 5.41 Å². The molecule has 2 heterocycles. The Kier molecular flexibility index (Phi) is 6.35. The summed E-state index contributed by atoms with van der Waals surface area (Å²) in [6, 6.07) is 20.5. The minimum Gasteiger partial charge on any atom is -0.489 e. The van der Waals surface area contributed by atoms with Crippen molar-refractivity contribution in [1.82, 2.24) is 10.3 Å². The maximum absolute atomic E-state index is 12.7. The van der Waals surface area contributed by atoms with E-state index in [-0.39, 0.29) is 12.5 Å². The number of ether oxygens (including phenoxy) is 2. The van der Waals surface area contributed by atoms with E-state index in [0.29, 0.717) is 42.4 Å². The number of hydrogen-bond donors (Lipinski definition) is 1. The normalized spacial score (nSPS) is 16.7. The number of carbonyl (C=O) groups is 1. The van der Waals surface area contributed by atoms with Gasteiger partial charge in [-0.05, 0) is 53.9 Å². The molecule has 33 heavy (non-hydrogen) atoms. The fraction of sp³-hybridized carbons (Fsp3) is 0.231. The van der Waals surface area contributed by atoms with Crippen LogP contribution in [-0.2, 0) is 29.9 Å². The summed E-state index contributed by atoms with van der Waals surface area (Å²) >= 11 is 0. The van der Waals surface area contributed by atoms with Gasteiger partial charge in [0.25, 0.3) is 5.91 Å². The molecule has 4 rings (SSSR count). The van der Waals surface area contributed by atoms with Gasteiger partial charge in [-0.3, -0.25) is 9.78 Å². The molecule has 1 aliphatic rings. The van der Waals surface area contributed by atoms with E-state index in [2.05, 4.69) is 22.4 Å². The number of fused-ring (bicyclic) bond motifs is 1. The molecule has 1 atom stereocenters. The van der Waals surface area contributed by atoms with Crippen molar-refractivity contribution in [3.05, 3.63) is 94.3 Å². The second kappa shape index (κ2) is 9.52. The maximum atomic E-state index is 12.7. The highest BCUT2D eigenvalue weighted by Crippen LogP contribution is 2.32. The van der Waals surface area contributed by atoms with Crippen molar-refractivity contribution in [2.45, 2.75) is 32.1 Å².